The van der Waals surface area contributed by atoms with E-state index < -0.39 is 23.7 Å². The molecule has 0 saturated heterocycles. The quantitative estimate of drug-likeness (QED) is 0.245. The standard InChI is InChI=1S/C21H18O7.B/c1-13(22)26-17-7-4-16(5-8-17)6-11-20(25)19-10-9-18(27-14(2)23)12-21(19)28-15(3)24;/h4-12H,1-3H3;/b11-6+;. The second-order valence-corrected chi connectivity index (χ2v) is 5.71. The normalized spacial score (nSPS) is 10.0. The molecule has 0 amide bonds. The highest BCUT2D eigenvalue weighted by atomic mass is 16.5. The first-order chi connectivity index (χ1) is 13.2. The summed E-state index contributed by atoms with van der Waals surface area (Å²) in [7, 11) is 0. The highest BCUT2D eigenvalue weighted by Gasteiger charge is 2.14. The van der Waals surface area contributed by atoms with E-state index in [-0.39, 0.29) is 25.5 Å². The molecule has 0 aliphatic rings. The van der Waals surface area contributed by atoms with Gasteiger partial charge in [-0.2, -0.15) is 0 Å². The SMILES string of the molecule is CC(=O)Oc1ccc(/C=C/C(=O)c2ccc(OC(C)=O)cc2OC(C)=O)cc1.[B]. The van der Waals surface area contributed by atoms with Crippen LogP contribution in [0.25, 0.3) is 6.08 Å². The zero-order valence-electron chi connectivity index (χ0n) is 16.1. The number of hydrogen-bond acceptors (Lipinski definition) is 7. The smallest absolute Gasteiger partial charge is 0.308 e. The van der Waals surface area contributed by atoms with Crippen molar-refractivity contribution in [2.75, 3.05) is 0 Å². The van der Waals surface area contributed by atoms with Gasteiger partial charge in [-0.1, -0.05) is 18.2 Å². The predicted molar refractivity (Wildman–Crippen MR) is 106 cm³/mol. The van der Waals surface area contributed by atoms with Crippen molar-refractivity contribution in [3.05, 3.63) is 59.7 Å². The van der Waals surface area contributed by atoms with Crippen molar-refractivity contribution in [3.8, 4) is 17.2 Å². The first-order valence-corrected chi connectivity index (χ1v) is 8.26. The number of esters is 3. The number of ether oxygens (including phenoxy) is 3. The molecule has 7 nitrogen and oxygen atoms in total. The van der Waals surface area contributed by atoms with E-state index >= 15 is 0 Å². The molecule has 0 aromatic heterocycles. The molecule has 0 fully saturated rings. The zero-order valence-corrected chi connectivity index (χ0v) is 16.1. The molecule has 29 heavy (non-hydrogen) atoms. The monoisotopic (exact) mass is 393 g/mol. The van der Waals surface area contributed by atoms with Crippen LogP contribution in [0.2, 0.25) is 0 Å². The van der Waals surface area contributed by atoms with Crippen molar-refractivity contribution >= 4 is 38.2 Å². The van der Waals surface area contributed by atoms with Crippen molar-refractivity contribution in [2.45, 2.75) is 20.8 Å². The van der Waals surface area contributed by atoms with E-state index in [0.717, 1.165) is 0 Å². The van der Waals surface area contributed by atoms with Crippen LogP contribution in [0.5, 0.6) is 17.2 Å². The van der Waals surface area contributed by atoms with Gasteiger partial charge in [0.05, 0.1) is 5.56 Å². The van der Waals surface area contributed by atoms with Gasteiger partial charge in [-0.25, -0.2) is 0 Å². The van der Waals surface area contributed by atoms with Crippen LogP contribution < -0.4 is 14.2 Å². The van der Waals surface area contributed by atoms with Crippen molar-refractivity contribution in [3.63, 3.8) is 0 Å². The van der Waals surface area contributed by atoms with Gasteiger partial charge in [0, 0.05) is 35.3 Å². The van der Waals surface area contributed by atoms with Gasteiger partial charge in [0.2, 0.25) is 0 Å². The Morgan fingerprint density at radius 2 is 1.24 bits per heavy atom. The molecule has 3 radical (unpaired) electrons. The lowest BCUT2D eigenvalue weighted by Crippen LogP contribution is -2.08. The van der Waals surface area contributed by atoms with E-state index in [1.165, 1.54) is 45.0 Å². The first-order valence-electron chi connectivity index (χ1n) is 8.26. The molecule has 0 spiro atoms. The van der Waals surface area contributed by atoms with Crippen LogP contribution >= 0.6 is 0 Å². The van der Waals surface area contributed by atoms with E-state index in [4.69, 9.17) is 14.2 Å². The molecule has 0 aliphatic carbocycles. The number of carbonyl (C=O) groups excluding carboxylic acids is 4. The molecule has 0 unspecified atom stereocenters. The van der Waals surface area contributed by atoms with Gasteiger partial charge in [-0.3, -0.25) is 19.2 Å². The number of ketones is 1. The molecule has 147 valence electrons. The number of rotatable bonds is 6. The highest BCUT2D eigenvalue weighted by molar-refractivity contribution is 6.09. The third-order valence-electron chi connectivity index (χ3n) is 3.30. The second-order valence-electron chi connectivity index (χ2n) is 5.71. The topological polar surface area (TPSA) is 96.0 Å². The molecule has 2 aromatic rings. The summed E-state index contributed by atoms with van der Waals surface area (Å²) >= 11 is 0. The molecule has 0 bridgehead atoms. The van der Waals surface area contributed by atoms with E-state index in [1.807, 2.05) is 0 Å². The van der Waals surface area contributed by atoms with Gasteiger partial charge in [0.1, 0.15) is 17.2 Å². The number of benzene rings is 2. The minimum atomic E-state index is -0.612. The lowest BCUT2D eigenvalue weighted by molar-refractivity contribution is -0.133. The summed E-state index contributed by atoms with van der Waals surface area (Å²) < 4.78 is 14.9. The molecular weight excluding hydrogens is 375 g/mol. The van der Waals surface area contributed by atoms with E-state index in [9.17, 15) is 19.2 Å². The maximum Gasteiger partial charge on any atom is 0.308 e. The summed E-state index contributed by atoms with van der Waals surface area (Å²) in [6, 6.07) is 10.7. The Kier molecular flexibility index (Phi) is 8.54. The van der Waals surface area contributed by atoms with Crippen LogP contribution in [-0.2, 0) is 14.4 Å². The third-order valence-corrected chi connectivity index (χ3v) is 3.30. The Morgan fingerprint density at radius 1 is 0.724 bits per heavy atom. The molecule has 2 rings (SSSR count). The van der Waals surface area contributed by atoms with E-state index in [0.29, 0.717) is 11.3 Å². The summed E-state index contributed by atoms with van der Waals surface area (Å²) in [6.45, 7) is 3.74. The van der Waals surface area contributed by atoms with E-state index in [1.54, 1.807) is 30.3 Å². The fourth-order valence-electron chi connectivity index (χ4n) is 2.25. The molecule has 0 saturated carbocycles. The average Bonchev–Trinajstić information content (AvgIpc) is 2.59. The molecule has 0 atom stereocenters. The van der Waals surface area contributed by atoms with Crippen LogP contribution in [0.15, 0.2) is 48.5 Å². The highest BCUT2D eigenvalue weighted by Crippen LogP contribution is 2.26. The maximum atomic E-state index is 12.5. The minimum absolute atomic E-state index is 0. The van der Waals surface area contributed by atoms with Crippen LogP contribution in [0, 0.1) is 0 Å². The van der Waals surface area contributed by atoms with Gasteiger partial charge >= 0.3 is 17.9 Å². The van der Waals surface area contributed by atoms with E-state index in [2.05, 4.69) is 0 Å². The maximum absolute atomic E-state index is 12.5. The Morgan fingerprint density at radius 3 is 1.79 bits per heavy atom. The second kappa shape index (κ2) is 10.6. The van der Waals surface area contributed by atoms with Crippen LogP contribution in [0.3, 0.4) is 0 Å². The van der Waals surface area contributed by atoms with Crippen molar-refractivity contribution in [1.82, 2.24) is 0 Å². The van der Waals surface area contributed by atoms with Crippen molar-refractivity contribution in [2.24, 2.45) is 0 Å². The van der Waals surface area contributed by atoms with Gasteiger partial charge in [-0.15, -0.1) is 0 Å². The molecule has 2 aromatic carbocycles. The Bertz CT molecular complexity index is 946. The lowest BCUT2D eigenvalue weighted by Gasteiger charge is -2.09. The van der Waals surface area contributed by atoms with Crippen LogP contribution in [-0.4, -0.2) is 32.1 Å². The predicted octanol–water partition coefficient (Wildman–Crippen LogP) is 2.98. The number of hydrogen-bond donors (Lipinski definition) is 0. The fraction of sp³-hybridized carbons (Fsp3) is 0.143. The third kappa shape index (κ3) is 7.46. The summed E-state index contributed by atoms with van der Waals surface area (Å²) in [5.74, 6) is -1.43. The Balaban J connectivity index is 0.00000420. The Hall–Kier alpha value is -3.68. The summed E-state index contributed by atoms with van der Waals surface area (Å²) in [4.78, 5) is 45.8. The van der Waals surface area contributed by atoms with Crippen LogP contribution in [0.4, 0.5) is 0 Å². The minimum Gasteiger partial charge on any atom is -0.427 e. The molecule has 8 heteroatoms. The summed E-state index contributed by atoms with van der Waals surface area (Å²) in [5, 5.41) is 0. The average molecular weight is 393 g/mol. The van der Waals surface area contributed by atoms with Gasteiger partial charge in [0.25, 0.3) is 0 Å². The van der Waals surface area contributed by atoms with Gasteiger partial charge < -0.3 is 14.2 Å². The van der Waals surface area contributed by atoms with Crippen molar-refractivity contribution in [1.29, 1.82) is 0 Å². The van der Waals surface area contributed by atoms with Crippen molar-refractivity contribution < 1.29 is 33.4 Å². The molecule has 0 N–H and O–H groups in total. The lowest BCUT2D eigenvalue weighted by atomic mass is 10.1. The molecular formula is C21H18BO7. The Labute approximate surface area is 169 Å². The van der Waals surface area contributed by atoms with Crippen LogP contribution in [0.1, 0.15) is 36.7 Å². The number of carbonyl (C=O) groups is 4. The molecule has 0 aliphatic heterocycles. The van der Waals surface area contributed by atoms with Gasteiger partial charge in [-0.05, 0) is 35.9 Å². The molecule has 0 heterocycles. The van der Waals surface area contributed by atoms with Gasteiger partial charge in [0.15, 0.2) is 5.78 Å². The largest absolute Gasteiger partial charge is 0.427 e. The summed E-state index contributed by atoms with van der Waals surface area (Å²) in [6.07, 6.45) is 2.88. The fourth-order valence-corrected chi connectivity index (χ4v) is 2.25. The first kappa shape index (κ1) is 23.4. The zero-order chi connectivity index (χ0) is 20.7. The summed E-state index contributed by atoms with van der Waals surface area (Å²) in [5.41, 5.74) is 0.841. The number of allylic oxidation sites excluding steroid dienone is 1.